The van der Waals surface area contributed by atoms with E-state index in [4.69, 9.17) is 5.73 Å². The Labute approximate surface area is 93.6 Å². The van der Waals surface area contributed by atoms with Gasteiger partial charge in [0.1, 0.15) is 0 Å². The second-order valence-electron chi connectivity index (χ2n) is 3.53. The highest BCUT2D eigenvalue weighted by atomic mass is 32.2. The maximum Gasteiger partial charge on any atom is 0.315 e. The van der Waals surface area contributed by atoms with E-state index in [2.05, 4.69) is 0 Å². The highest BCUT2D eigenvalue weighted by Crippen LogP contribution is 2.28. The van der Waals surface area contributed by atoms with Gasteiger partial charge >= 0.3 is 6.03 Å². The van der Waals surface area contributed by atoms with E-state index in [0.29, 0.717) is 0 Å². The molecule has 15 heavy (non-hydrogen) atoms. The number of primary amides is 1. The Hall–Kier alpha value is -1.16. The first-order valence-electron chi connectivity index (χ1n) is 4.98. The van der Waals surface area contributed by atoms with Crippen molar-refractivity contribution in [3.8, 4) is 0 Å². The molecule has 1 fully saturated rings. The number of nitrogens with zero attached hydrogens (tertiary/aromatic N) is 1. The second kappa shape index (κ2) is 4.57. The number of nitrogens with two attached hydrogens (primary N) is 1. The van der Waals surface area contributed by atoms with Crippen molar-refractivity contribution in [2.45, 2.75) is 6.04 Å². The number of hydrogen-bond acceptors (Lipinski definition) is 2. The SMILES string of the molecule is NC(=O)N1CCSCC1c1ccccc1. The summed E-state index contributed by atoms with van der Waals surface area (Å²) in [6, 6.07) is 9.89. The van der Waals surface area contributed by atoms with Crippen molar-refractivity contribution in [1.82, 2.24) is 4.90 Å². The lowest BCUT2D eigenvalue weighted by Crippen LogP contribution is -2.43. The van der Waals surface area contributed by atoms with Crippen molar-refractivity contribution in [2.75, 3.05) is 18.1 Å². The predicted molar refractivity (Wildman–Crippen MR) is 62.8 cm³/mol. The van der Waals surface area contributed by atoms with E-state index in [1.54, 1.807) is 4.90 Å². The number of thioether (sulfide) groups is 1. The van der Waals surface area contributed by atoms with Gasteiger partial charge < -0.3 is 10.6 Å². The second-order valence-corrected chi connectivity index (χ2v) is 4.68. The normalized spacial score (nSPS) is 21.3. The van der Waals surface area contributed by atoms with Gasteiger partial charge in [-0.15, -0.1) is 0 Å². The fourth-order valence-corrected chi connectivity index (χ4v) is 2.91. The number of rotatable bonds is 1. The fraction of sp³-hybridized carbons (Fsp3) is 0.364. The Bertz CT molecular complexity index is 342. The third kappa shape index (κ3) is 2.26. The van der Waals surface area contributed by atoms with Crippen LogP contribution in [-0.2, 0) is 0 Å². The van der Waals surface area contributed by atoms with Crippen LogP contribution in [0.15, 0.2) is 30.3 Å². The molecule has 0 spiro atoms. The molecular formula is C11H14N2OS. The lowest BCUT2D eigenvalue weighted by atomic mass is 10.1. The van der Waals surface area contributed by atoms with Gasteiger partial charge in [0.2, 0.25) is 0 Å². The van der Waals surface area contributed by atoms with Crippen LogP contribution in [0.5, 0.6) is 0 Å². The van der Waals surface area contributed by atoms with Gasteiger partial charge in [0.25, 0.3) is 0 Å². The smallest absolute Gasteiger partial charge is 0.315 e. The van der Waals surface area contributed by atoms with Crippen LogP contribution in [0.1, 0.15) is 11.6 Å². The van der Waals surface area contributed by atoms with Gasteiger partial charge in [0.05, 0.1) is 6.04 Å². The summed E-state index contributed by atoms with van der Waals surface area (Å²) in [7, 11) is 0. The Morgan fingerprint density at radius 1 is 1.40 bits per heavy atom. The van der Waals surface area contributed by atoms with Crippen LogP contribution in [0.2, 0.25) is 0 Å². The monoisotopic (exact) mass is 222 g/mol. The molecule has 0 aromatic heterocycles. The molecule has 1 aliphatic rings. The van der Waals surface area contributed by atoms with Crippen molar-refractivity contribution in [3.63, 3.8) is 0 Å². The molecule has 0 saturated carbocycles. The first-order chi connectivity index (χ1) is 7.29. The highest BCUT2D eigenvalue weighted by molar-refractivity contribution is 7.99. The third-order valence-corrected chi connectivity index (χ3v) is 3.62. The maximum atomic E-state index is 11.3. The van der Waals surface area contributed by atoms with E-state index in [-0.39, 0.29) is 12.1 Å². The van der Waals surface area contributed by atoms with E-state index in [1.165, 1.54) is 5.56 Å². The number of carbonyl (C=O) groups is 1. The summed E-state index contributed by atoms with van der Waals surface area (Å²) >= 11 is 1.87. The van der Waals surface area contributed by atoms with E-state index in [9.17, 15) is 4.79 Å². The van der Waals surface area contributed by atoms with Crippen LogP contribution in [-0.4, -0.2) is 29.0 Å². The molecule has 1 heterocycles. The van der Waals surface area contributed by atoms with Crippen LogP contribution >= 0.6 is 11.8 Å². The van der Waals surface area contributed by atoms with Gasteiger partial charge in [-0.25, -0.2) is 4.79 Å². The molecule has 1 atom stereocenters. The maximum absolute atomic E-state index is 11.3. The predicted octanol–water partition coefficient (Wildman–Crippen LogP) is 1.86. The molecule has 3 nitrogen and oxygen atoms in total. The lowest BCUT2D eigenvalue weighted by Gasteiger charge is -2.34. The molecule has 80 valence electrons. The Kier molecular flexibility index (Phi) is 3.16. The van der Waals surface area contributed by atoms with Gasteiger partial charge in [-0.2, -0.15) is 11.8 Å². The molecule has 2 N–H and O–H groups in total. The quantitative estimate of drug-likeness (QED) is 0.788. The molecule has 4 heteroatoms. The van der Waals surface area contributed by atoms with E-state index in [1.807, 2.05) is 42.1 Å². The van der Waals surface area contributed by atoms with E-state index >= 15 is 0 Å². The number of amides is 2. The molecule has 0 bridgehead atoms. The van der Waals surface area contributed by atoms with Gasteiger partial charge in [-0.3, -0.25) is 0 Å². The topological polar surface area (TPSA) is 46.3 Å². The van der Waals surface area contributed by atoms with Crippen LogP contribution in [0.3, 0.4) is 0 Å². The number of carbonyl (C=O) groups excluding carboxylic acids is 1. The van der Waals surface area contributed by atoms with Crippen molar-refractivity contribution in [2.24, 2.45) is 5.73 Å². The largest absolute Gasteiger partial charge is 0.351 e. The van der Waals surface area contributed by atoms with Gasteiger partial charge in [-0.1, -0.05) is 30.3 Å². The van der Waals surface area contributed by atoms with Gasteiger partial charge in [0.15, 0.2) is 0 Å². The number of hydrogen-bond donors (Lipinski definition) is 1. The average Bonchev–Trinajstić information content (AvgIpc) is 2.30. The molecule has 1 unspecified atom stereocenters. The molecule has 0 aliphatic carbocycles. The Morgan fingerprint density at radius 3 is 2.80 bits per heavy atom. The zero-order valence-electron chi connectivity index (χ0n) is 8.43. The lowest BCUT2D eigenvalue weighted by molar-refractivity contribution is 0.192. The molecule has 1 saturated heterocycles. The summed E-state index contributed by atoms with van der Waals surface area (Å²) in [5, 5.41) is 0. The Morgan fingerprint density at radius 2 is 2.13 bits per heavy atom. The molecule has 1 aromatic carbocycles. The minimum Gasteiger partial charge on any atom is -0.351 e. The molecule has 1 aromatic rings. The highest BCUT2D eigenvalue weighted by Gasteiger charge is 2.26. The average molecular weight is 222 g/mol. The molecule has 1 aliphatic heterocycles. The minimum atomic E-state index is -0.316. The number of benzene rings is 1. The molecule has 0 radical (unpaired) electrons. The molecule has 2 rings (SSSR count). The Balaban J connectivity index is 2.22. The summed E-state index contributed by atoms with van der Waals surface area (Å²) < 4.78 is 0. The van der Waals surface area contributed by atoms with Crippen molar-refractivity contribution in [3.05, 3.63) is 35.9 Å². The summed E-state index contributed by atoms with van der Waals surface area (Å²) in [5.74, 6) is 1.92. The third-order valence-electron chi connectivity index (χ3n) is 2.60. The summed E-state index contributed by atoms with van der Waals surface area (Å²) in [6.45, 7) is 0.750. The van der Waals surface area contributed by atoms with Crippen LogP contribution in [0.4, 0.5) is 4.79 Å². The van der Waals surface area contributed by atoms with Crippen molar-refractivity contribution >= 4 is 17.8 Å². The summed E-state index contributed by atoms with van der Waals surface area (Å²) in [6.07, 6.45) is 0. The van der Waals surface area contributed by atoms with Gasteiger partial charge in [-0.05, 0) is 5.56 Å². The van der Waals surface area contributed by atoms with E-state index in [0.717, 1.165) is 18.1 Å². The molecule has 2 amide bonds. The van der Waals surface area contributed by atoms with Gasteiger partial charge in [0, 0.05) is 18.1 Å². The fourth-order valence-electron chi connectivity index (χ4n) is 1.82. The standard InChI is InChI=1S/C11H14N2OS/c12-11(14)13-6-7-15-8-10(13)9-4-2-1-3-5-9/h1-5,10H,6-8H2,(H2,12,14). The van der Waals surface area contributed by atoms with Crippen molar-refractivity contribution in [1.29, 1.82) is 0 Å². The zero-order valence-corrected chi connectivity index (χ0v) is 9.24. The molecular weight excluding hydrogens is 208 g/mol. The minimum absolute atomic E-state index is 0.141. The first kappa shape index (κ1) is 10.4. The summed E-state index contributed by atoms with van der Waals surface area (Å²) in [4.78, 5) is 13.0. The van der Waals surface area contributed by atoms with Crippen LogP contribution < -0.4 is 5.73 Å². The summed E-state index contributed by atoms with van der Waals surface area (Å²) in [5.41, 5.74) is 6.54. The number of urea groups is 1. The van der Waals surface area contributed by atoms with Crippen molar-refractivity contribution < 1.29 is 4.79 Å². The first-order valence-corrected chi connectivity index (χ1v) is 6.13. The van der Waals surface area contributed by atoms with Crippen LogP contribution in [0, 0.1) is 0 Å². The van der Waals surface area contributed by atoms with E-state index < -0.39 is 0 Å². The van der Waals surface area contributed by atoms with Crippen LogP contribution in [0.25, 0.3) is 0 Å². The zero-order chi connectivity index (χ0) is 10.7.